The number of hydrogen-bond donors (Lipinski definition) is 0. The Hall–Kier alpha value is -3.21. The number of anilines is 1. The number of imide groups is 1. The molecule has 2 fully saturated rings. The highest BCUT2D eigenvalue weighted by Gasteiger charge is 2.59. The topological polar surface area (TPSA) is 63.7 Å². The Labute approximate surface area is 175 Å². The van der Waals surface area contributed by atoms with E-state index < -0.39 is 6.10 Å². The predicted molar refractivity (Wildman–Crippen MR) is 112 cm³/mol. The van der Waals surface area contributed by atoms with E-state index in [1.165, 1.54) is 4.90 Å². The van der Waals surface area contributed by atoms with Gasteiger partial charge in [-0.2, -0.15) is 0 Å². The fourth-order valence-electron chi connectivity index (χ4n) is 5.06. The van der Waals surface area contributed by atoms with Crippen molar-refractivity contribution in [2.75, 3.05) is 4.90 Å². The lowest BCUT2D eigenvalue weighted by Gasteiger charge is -2.19. The van der Waals surface area contributed by atoms with Crippen LogP contribution in [0, 0.1) is 30.6 Å². The van der Waals surface area contributed by atoms with Crippen molar-refractivity contribution in [3.63, 3.8) is 0 Å². The van der Waals surface area contributed by atoms with Gasteiger partial charge in [-0.25, -0.2) is 4.90 Å². The molecule has 1 saturated heterocycles. The van der Waals surface area contributed by atoms with Gasteiger partial charge in [0.15, 0.2) is 6.10 Å². The number of Topliss-reactive ketones (excluding diaryl/α,β-unsaturated/α-hetero) is 1. The molecule has 0 spiro atoms. The summed E-state index contributed by atoms with van der Waals surface area (Å²) in [4.78, 5) is 40.0. The van der Waals surface area contributed by atoms with E-state index in [0.717, 1.165) is 12.0 Å². The van der Waals surface area contributed by atoms with Gasteiger partial charge in [0.25, 0.3) is 0 Å². The van der Waals surface area contributed by atoms with Crippen molar-refractivity contribution in [3.8, 4) is 5.75 Å². The number of aryl methyl sites for hydroxylation is 1. The summed E-state index contributed by atoms with van der Waals surface area (Å²) in [5.74, 6) is -0.0324. The van der Waals surface area contributed by atoms with E-state index in [1.54, 1.807) is 43.3 Å². The number of amides is 2. The molecule has 5 heteroatoms. The quantitative estimate of drug-likeness (QED) is 0.432. The Kier molecular flexibility index (Phi) is 4.35. The van der Waals surface area contributed by atoms with Crippen LogP contribution in [0.5, 0.6) is 5.75 Å². The lowest BCUT2D eigenvalue weighted by molar-refractivity contribution is -0.123. The van der Waals surface area contributed by atoms with E-state index in [9.17, 15) is 14.4 Å². The molecule has 2 amide bonds. The highest BCUT2D eigenvalue weighted by atomic mass is 16.5. The molecular weight excluding hydrogens is 378 g/mol. The van der Waals surface area contributed by atoms with Crippen LogP contribution in [0.1, 0.15) is 29.3 Å². The summed E-state index contributed by atoms with van der Waals surface area (Å²) < 4.78 is 5.87. The molecule has 0 aromatic heterocycles. The minimum Gasteiger partial charge on any atom is -0.482 e. The fraction of sp³-hybridized carbons (Fsp3) is 0.320. The van der Waals surface area contributed by atoms with Crippen LogP contribution >= 0.6 is 0 Å². The zero-order valence-corrected chi connectivity index (χ0v) is 16.9. The largest absolute Gasteiger partial charge is 0.482 e. The molecule has 1 saturated carbocycles. The lowest BCUT2D eigenvalue weighted by atomic mass is 9.85. The van der Waals surface area contributed by atoms with Crippen LogP contribution in [0.4, 0.5) is 5.69 Å². The van der Waals surface area contributed by atoms with Crippen molar-refractivity contribution in [1.82, 2.24) is 0 Å². The van der Waals surface area contributed by atoms with E-state index in [-0.39, 0.29) is 41.3 Å². The van der Waals surface area contributed by atoms with E-state index >= 15 is 0 Å². The van der Waals surface area contributed by atoms with Crippen LogP contribution in [-0.2, 0) is 9.59 Å². The second-order valence-corrected chi connectivity index (χ2v) is 8.50. The smallest absolute Gasteiger partial charge is 0.238 e. The average Bonchev–Trinajstić information content (AvgIpc) is 3.42. The second-order valence-electron chi connectivity index (χ2n) is 8.50. The summed E-state index contributed by atoms with van der Waals surface area (Å²) in [6.45, 7) is 3.67. The normalized spacial score (nSPS) is 27.5. The van der Waals surface area contributed by atoms with Crippen LogP contribution in [0.25, 0.3) is 0 Å². The molecule has 5 nitrogen and oxygen atoms in total. The fourth-order valence-corrected chi connectivity index (χ4v) is 5.06. The Balaban J connectivity index is 1.35. The van der Waals surface area contributed by atoms with Gasteiger partial charge in [0.2, 0.25) is 17.6 Å². The molecule has 30 heavy (non-hydrogen) atoms. The first kappa shape index (κ1) is 18.8. The summed E-state index contributed by atoms with van der Waals surface area (Å²) in [7, 11) is 0. The first-order valence-electron chi connectivity index (χ1n) is 10.4. The van der Waals surface area contributed by atoms with Crippen molar-refractivity contribution < 1.29 is 19.1 Å². The van der Waals surface area contributed by atoms with Crippen LogP contribution < -0.4 is 9.64 Å². The number of allylic oxidation sites excluding steroid dienone is 2. The van der Waals surface area contributed by atoms with Crippen LogP contribution in [0.2, 0.25) is 0 Å². The summed E-state index contributed by atoms with van der Waals surface area (Å²) in [5.41, 5.74) is 2.18. The number of carbonyl (C=O) groups excluding carboxylic acids is 3. The molecule has 1 heterocycles. The van der Waals surface area contributed by atoms with E-state index in [4.69, 9.17) is 4.74 Å². The number of benzene rings is 2. The van der Waals surface area contributed by atoms with E-state index in [1.807, 2.05) is 19.1 Å². The Morgan fingerprint density at radius 3 is 2.27 bits per heavy atom. The van der Waals surface area contributed by atoms with Crippen molar-refractivity contribution in [2.45, 2.75) is 26.4 Å². The maximum Gasteiger partial charge on any atom is 0.238 e. The van der Waals surface area contributed by atoms with Crippen molar-refractivity contribution in [3.05, 3.63) is 71.8 Å². The monoisotopic (exact) mass is 401 g/mol. The summed E-state index contributed by atoms with van der Waals surface area (Å²) in [5, 5.41) is 0. The third kappa shape index (κ3) is 2.88. The predicted octanol–water partition coefficient (Wildman–Crippen LogP) is 3.96. The first-order valence-corrected chi connectivity index (χ1v) is 10.4. The van der Waals surface area contributed by atoms with Crippen LogP contribution in [0.3, 0.4) is 0 Å². The second kappa shape index (κ2) is 6.94. The lowest BCUT2D eigenvalue weighted by Crippen LogP contribution is -2.33. The molecule has 2 aliphatic carbocycles. The molecule has 5 rings (SSSR count). The van der Waals surface area contributed by atoms with Gasteiger partial charge in [-0.1, -0.05) is 48.0 Å². The number of nitrogens with zero attached hydrogens (tertiary/aromatic N) is 1. The number of hydrogen-bond acceptors (Lipinski definition) is 4. The van der Waals surface area contributed by atoms with Gasteiger partial charge in [-0.05, 0) is 44.2 Å². The molecule has 2 aromatic carbocycles. The third-order valence-corrected chi connectivity index (χ3v) is 6.56. The number of fused-ring (bicyclic) bond motifs is 5. The molecule has 5 atom stereocenters. The molecule has 1 aliphatic heterocycles. The van der Waals surface area contributed by atoms with Gasteiger partial charge in [-0.15, -0.1) is 0 Å². The molecule has 5 unspecified atom stereocenters. The molecule has 2 aromatic rings. The van der Waals surface area contributed by atoms with E-state index in [2.05, 4.69) is 12.2 Å². The maximum absolute atomic E-state index is 13.0. The standard InChI is InChI=1S/C25H23NO4/c1-14-6-8-16(9-7-14)23(27)15(2)30-20-5-3-4-19(13-20)26-24(28)21-17-10-11-18(12-17)22(21)25(26)29/h3-11,13,15,17-18,21-22H,12H2,1-2H3. The van der Waals surface area contributed by atoms with Crippen molar-refractivity contribution in [1.29, 1.82) is 0 Å². The summed E-state index contributed by atoms with van der Waals surface area (Å²) in [6.07, 6.45) is 4.38. The molecule has 0 radical (unpaired) electrons. The number of carbonyl (C=O) groups is 3. The summed E-state index contributed by atoms with van der Waals surface area (Å²) >= 11 is 0. The zero-order valence-electron chi connectivity index (χ0n) is 16.9. The molecular formula is C25H23NO4. The van der Waals surface area contributed by atoms with Gasteiger partial charge < -0.3 is 4.74 Å². The molecule has 152 valence electrons. The SMILES string of the molecule is Cc1ccc(C(=O)C(C)Oc2cccc(N3C(=O)C4C5C=CC(C5)C4C3=O)c2)cc1. The Morgan fingerprint density at radius 1 is 1.00 bits per heavy atom. The molecule has 3 aliphatic rings. The van der Waals surface area contributed by atoms with Gasteiger partial charge in [-0.3, -0.25) is 14.4 Å². The highest BCUT2D eigenvalue weighted by Crippen LogP contribution is 2.53. The van der Waals surface area contributed by atoms with Gasteiger partial charge in [0.1, 0.15) is 5.75 Å². The third-order valence-electron chi connectivity index (χ3n) is 6.56. The zero-order chi connectivity index (χ0) is 21.0. The minimum atomic E-state index is -0.688. The Morgan fingerprint density at radius 2 is 1.63 bits per heavy atom. The average molecular weight is 401 g/mol. The van der Waals surface area contributed by atoms with Crippen molar-refractivity contribution in [2.24, 2.45) is 23.7 Å². The van der Waals surface area contributed by atoms with Gasteiger partial charge >= 0.3 is 0 Å². The summed E-state index contributed by atoms with van der Waals surface area (Å²) in [6, 6.07) is 14.3. The molecule has 0 N–H and O–H groups in total. The first-order chi connectivity index (χ1) is 14.4. The van der Waals surface area contributed by atoms with Crippen molar-refractivity contribution >= 4 is 23.3 Å². The van der Waals surface area contributed by atoms with Crippen LogP contribution in [-0.4, -0.2) is 23.7 Å². The highest BCUT2D eigenvalue weighted by molar-refractivity contribution is 6.22. The minimum absolute atomic E-state index is 0.120. The van der Waals surface area contributed by atoms with Gasteiger partial charge in [0, 0.05) is 11.6 Å². The number of ketones is 1. The Bertz CT molecular complexity index is 1040. The number of rotatable bonds is 5. The molecule has 2 bridgehead atoms. The van der Waals surface area contributed by atoms with Crippen LogP contribution in [0.15, 0.2) is 60.7 Å². The number of ether oxygens (including phenoxy) is 1. The maximum atomic E-state index is 13.0. The van der Waals surface area contributed by atoms with E-state index in [0.29, 0.717) is 17.0 Å². The van der Waals surface area contributed by atoms with Gasteiger partial charge in [0.05, 0.1) is 17.5 Å².